The van der Waals surface area contributed by atoms with Crippen LogP contribution in [0.5, 0.6) is 0 Å². The number of hydrogen-bond donors (Lipinski definition) is 1. The molecule has 0 bridgehead atoms. The molecule has 0 aromatic carbocycles. The molecule has 1 aliphatic rings. The van der Waals surface area contributed by atoms with Crippen LogP contribution in [0.1, 0.15) is 19.8 Å². The number of ether oxygens (including phenoxy) is 1. The van der Waals surface area contributed by atoms with Crippen molar-refractivity contribution in [1.29, 1.82) is 0 Å². The Morgan fingerprint density at radius 3 is 2.59 bits per heavy atom. The molecule has 0 spiro atoms. The monoisotopic (exact) mass is 334 g/mol. The summed E-state index contributed by atoms with van der Waals surface area (Å²) in [6.07, 6.45) is 0.153. The van der Waals surface area contributed by atoms with Crippen molar-refractivity contribution in [2.75, 3.05) is 38.3 Å². The van der Waals surface area contributed by atoms with Gasteiger partial charge in [-0.05, 0) is 0 Å². The van der Waals surface area contributed by atoms with Crippen LogP contribution in [0.25, 0.3) is 0 Å². The molecule has 3 amide bonds. The van der Waals surface area contributed by atoms with Crippen molar-refractivity contribution < 1.29 is 27.5 Å². The molecule has 0 radical (unpaired) electrons. The lowest BCUT2D eigenvalue weighted by Crippen LogP contribution is -2.36. The Labute approximate surface area is 130 Å². The highest BCUT2D eigenvalue weighted by molar-refractivity contribution is 7.91. The third kappa shape index (κ3) is 5.72. The van der Waals surface area contributed by atoms with E-state index < -0.39 is 9.84 Å². The van der Waals surface area contributed by atoms with Crippen molar-refractivity contribution >= 4 is 27.6 Å². The van der Waals surface area contributed by atoms with E-state index in [1.165, 1.54) is 7.11 Å². The molecule has 1 rings (SSSR count). The van der Waals surface area contributed by atoms with Gasteiger partial charge in [0.2, 0.25) is 17.7 Å². The fourth-order valence-corrected chi connectivity index (χ4v) is 3.08. The summed E-state index contributed by atoms with van der Waals surface area (Å²) in [5, 5.41) is 2.47. The van der Waals surface area contributed by atoms with Gasteiger partial charge in [0.15, 0.2) is 9.84 Å². The average molecular weight is 334 g/mol. The zero-order valence-electron chi connectivity index (χ0n) is 12.8. The van der Waals surface area contributed by atoms with Crippen molar-refractivity contribution in [3.05, 3.63) is 0 Å². The molecule has 8 nitrogen and oxygen atoms in total. The number of rotatable bonds is 9. The van der Waals surface area contributed by atoms with Gasteiger partial charge in [-0.3, -0.25) is 19.3 Å². The standard InChI is InChI=1S/C13H22N2O6S/c1-10-9-12(17)15(13(10)18)5-3-11(16)14-4-7-22(19,20)8-6-21-2/h10H,3-9H2,1-2H3,(H,14,16). The number of carbonyl (C=O) groups is 3. The van der Waals surface area contributed by atoms with Gasteiger partial charge in [0.1, 0.15) is 0 Å². The van der Waals surface area contributed by atoms with Gasteiger partial charge in [-0.15, -0.1) is 0 Å². The van der Waals surface area contributed by atoms with E-state index in [2.05, 4.69) is 5.32 Å². The van der Waals surface area contributed by atoms with E-state index in [0.29, 0.717) is 0 Å². The molecular weight excluding hydrogens is 312 g/mol. The summed E-state index contributed by atoms with van der Waals surface area (Å²) in [7, 11) is -1.84. The first kappa shape index (κ1) is 18.6. The summed E-state index contributed by atoms with van der Waals surface area (Å²) in [4.78, 5) is 35.9. The predicted octanol–water partition coefficient (Wildman–Crippen LogP) is -1.05. The maximum absolute atomic E-state index is 11.7. The maximum Gasteiger partial charge on any atom is 0.232 e. The fourth-order valence-electron chi connectivity index (χ4n) is 2.04. The highest BCUT2D eigenvalue weighted by Crippen LogP contribution is 2.18. The second-order valence-electron chi connectivity index (χ2n) is 5.23. The number of methoxy groups -OCH3 is 1. The average Bonchev–Trinajstić information content (AvgIpc) is 2.68. The van der Waals surface area contributed by atoms with Crippen molar-refractivity contribution in [2.45, 2.75) is 19.8 Å². The van der Waals surface area contributed by atoms with Crippen molar-refractivity contribution in [1.82, 2.24) is 10.2 Å². The third-order valence-corrected chi connectivity index (χ3v) is 4.98. The zero-order valence-corrected chi connectivity index (χ0v) is 13.6. The molecule has 1 N–H and O–H groups in total. The van der Waals surface area contributed by atoms with Gasteiger partial charge in [-0.25, -0.2) is 8.42 Å². The van der Waals surface area contributed by atoms with Crippen molar-refractivity contribution in [3.63, 3.8) is 0 Å². The number of carbonyl (C=O) groups excluding carboxylic acids is 3. The summed E-state index contributed by atoms with van der Waals surface area (Å²) >= 11 is 0. The minimum absolute atomic E-state index is 0.00315. The minimum atomic E-state index is -3.25. The molecule has 1 saturated heterocycles. The summed E-state index contributed by atoms with van der Waals surface area (Å²) in [5.41, 5.74) is 0. The molecular formula is C13H22N2O6S. The maximum atomic E-state index is 11.7. The van der Waals surface area contributed by atoms with Gasteiger partial charge in [0.25, 0.3) is 0 Å². The van der Waals surface area contributed by atoms with Gasteiger partial charge in [-0.1, -0.05) is 6.92 Å². The van der Waals surface area contributed by atoms with Gasteiger partial charge >= 0.3 is 0 Å². The van der Waals surface area contributed by atoms with Gasteiger partial charge < -0.3 is 10.1 Å². The number of hydrogen-bond acceptors (Lipinski definition) is 6. The first-order valence-electron chi connectivity index (χ1n) is 7.07. The molecule has 126 valence electrons. The summed E-state index contributed by atoms with van der Waals surface area (Å²) < 4.78 is 27.8. The Balaban J connectivity index is 2.27. The van der Waals surface area contributed by atoms with Crippen LogP contribution < -0.4 is 5.32 Å². The highest BCUT2D eigenvalue weighted by atomic mass is 32.2. The van der Waals surface area contributed by atoms with Crippen LogP contribution in [0.3, 0.4) is 0 Å². The van der Waals surface area contributed by atoms with Crippen LogP contribution >= 0.6 is 0 Å². The van der Waals surface area contributed by atoms with Crippen LogP contribution in [0, 0.1) is 5.92 Å². The number of amides is 3. The van der Waals surface area contributed by atoms with E-state index in [1.54, 1.807) is 6.92 Å². The van der Waals surface area contributed by atoms with E-state index in [4.69, 9.17) is 4.74 Å². The van der Waals surface area contributed by atoms with E-state index in [9.17, 15) is 22.8 Å². The van der Waals surface area contributed by atoms with Gasteiger partial charge in [0.05, 0.1) is 18.1 Å². The van der Waals surface area contributed by atoms with E-state index in [0.717, 1.165) is 4.90 Å². The van der Waals surface area contributed by atoms with Crippen molar-refractivity contribution in [3.8, 4) is 0 Å². The number of imide groups is 1. The molecule has 1 aliphatic heterocycles. The number of nitrogens with one attached hydrogen (secondary N) is 1. The minimum Gasteiger partial charge on any atom is -0.384 e. The third-order valence-electron chi connectivity index (χ3n) is 3.37. The summed E-state index contributed by atoms with van der Waals surface area (Å²) in [6, 6.07) is 0. The second kappa shape index (κ2) is 8.23. The second-order valence-corrected chi connectivity index (χ2v) is 7.54. The van der Waals surface area contributed by atoms with E-state index >= 15 is 0 Å². The number of likely N-dealkylation sites (tertiary alicyclic amines) is 1. The molecule has 1 heterocycles. The lowest BCUT2D eigenvalue weighted by Gasteiger charge is -2.14. The van der Waals surface area contributed by atoms with E-state index in [1.807, 2.05) is 0 Å². The van der Waals surface area contributed by atoms with Gasteiger partial charge in [0, 0.05) is 39.0 Å². The Hall–Kier alpha value is -1.48. The smallest absolute Gasteiger partial charge is 0.232 e. The topological polar surface area (TPSA) is 110 Å². The quantitative estimate of drug-likeness (QED) is 0.539. The van der Waals surface area contributed by atoms with Gasteiger partial charge in [-0.2, -0.15) is 0 Å². The molecule has 0 aromatic rings. The molecule has 0 aliphatic carbocycles. The first-order chi connectivity index (χ1) is 10.3. The molecule has 1 fully saturated rings. The first-order valence-corrected chi connectivity index (χ1v) is 8.89. The van der Waals surface area contributed by atoms with Crippen molar-refractivity contribution in [2.24, 2.45) is 5.92 Å². The summed E-state index contributed by atoms with van der Waals surface area (Å²) in [6.45, 7) is 1.83. The van der Waals surface area contributed by atoms with E-state index in [-0.39, 0.29) is 67.7 Å². The lowest BCUT2D eigenvalue weighted by atomic mass is 10.1. The molecule has 22 heavy (non-hydrogen) atoms. The van der Waals surface area contributed by atoms with Crippen LogP contribution in [-0.2, 0) is 29.0 Å². The molecule has 0 saturated carbocycles. The number of sulfone groups is 1. The highest BCUT2D eigenvalue weighted by Gasteiger charge is 2.35. The Morgan fingerprint density at radius 1 is 1.36 bits per heavy atom. The molecule has 1 atom stereocenters. The molecule has 1 unspecified atom stereocenters. The Bertz CT molecular complexity index is 531. The lowest BCUT2D eigenvalue weighted by molar-refractivity contribution is -0.139. The normalized spacial score (nSPS) is 18.8. The SMILES string of the molecule is COCCS(=O)(=O)CCNC(=O)CCN1C(=O)CC(C)C1=O. The number of nitrogens with zero attached hydrogens (tertiary/aromatic N) is 1. The molecule has 9 heteroatoms. The predicted molar refractivity (Wildman–Crippen MR) is 78.7 cm³/mol. The Morgan fingerprint density at radius 2 is 2.05 bits per heavy atom. The Kier molecular flexibility index (Phi) is 6.95. The van der Waals surface area contributed by atoms with Crippen LogP contribution in [0.2, 0.25) is 0 Å². The zero-order chi connectivity index (χ0) is 16.8. The summed E-state index contributed by atoms with van der Waals surface area (Å²) in [5.74, 6) is -1.51. The largest absolute Gasteiger partial charge is 0.384 e. The van der Waals surface area contributed by atoms with Crippen LogP contribution in [0.15, 0.2) is 0 Å². The van der Waals surface area contributed by atoms with Crippen LogP contribution in [0.4, 0.5) is 0 Å². The fraction of sp³-hybridized carbons (Fsp3) is 0.769. The molecule has 0 aromatic heterocycles. The van der Waals surface area contributed by atoms with Crippen LogP contribution in [-0.4, -0.2) is 69.4 Å².